The van der Waals surface area contributed by atoms with Crippen molar-refractivity contribution in [3.05, 3.63) is 237 Å². The second-order valence-corrected chi connectivity index (χ2v) is 14.6. The maximum Gasteiger partial charge on any atom is 0.0535 e. The summed E-state index contributed by atoms with van der Waals surface area (Å²) in [7, 11) is 0. The Morgan fingerprint density at radius 2 is 0.544 bits per heavy atom. The Labute approximate surface area is 334 Å². The van der Waals surface area contributed by atoms with E-state index < -0.39 is 0 Å². The molecule has 0 radical (unpaired) electrons. The van der Waals surface area contributed by atoms with Gasteiger partial charge in [-0.1, -0.05) is 170 Å². The summed E-state index contributed by atoms with van der Waals surface area (Å²) in [6, 6.07) is 83.4. The highest BCUT2D eigenvalue weighted by molar-refractivity contribution is 6.01. The molecule has 10 rings (SSSR count). The van der Waals surface area contributed by atoms with Crippen LogP contribution in [-0.4, -0.2) is 4.57 Å². The quantitative estimate of drug-likeness (QED) is 0.147. The SMILES string of the molecule is c1ccc(-c2ccc(-n3cc(-c4cc(-c5ccccc5)cc(-c5ccccc5)c4)c4cc(-c5cc(-c6ccccc6)cc(-c6ccccc6)c5)ccc43)cc2)cc1. The molecule has 10 aromatic rings. The summed E-state index contributed by atoms with van der Waals surface area (Å²) in [5.74, 6) is 0. The lowest BCUT2D eigenvalue weighted by Crippen LogP contribution is -1.92. The maximum absolute atomic E-state index is 2.40. The first-order chi connectivity index (χ1) is 28.2. The van der Waals surface area contributed by atoms with Crippen LogP contribution in [0.25, 0.3) is 94.5 Å². The van der Waals surface area contributed by atoms with Crippen molar-refractivity contribution in [3.8, 4) is 83.6 Å². The number of aromatic nitrogens is 1. The minimum Gasteiger partial charge on any atom is -0.316 e. The van der Waals surface area contributed by atoms with Gasteiger partial charge in [-0.3, -0.25) is 0 Å². The molecule has 57 heavy (non-hydrogen) atoms. The van der Waals surface area contributed by atoms with E-state index in [1.807, 2.05) is 0 Å². The third-order valence-electron chi connectivity index (χ3n) is 11.0. The number of hydrogen-bond donors (Lipinski definition) is 0. The molecule has 0 unspecified atom stereocenters. The Hall–Kier alpha value is -7.48. The van der Waals surface area contributed by atoms with Crippen LogP contribution in [0, 0.1) is 0 Å². The van der Waals surface area contributed by atoms with Crippen molar-refractivity contribution < 1.29 is 0 Å². The first-order valence-corrected chi connectivity index (χ1v) is 19.6. The third kappa shape index (κ3) is 6.88. The summed E-state index contributed by atoms with van der Waals surface area (Å²) >= 11 is 0. The molecule has 1 heteroatoms. The van der Waals surface area contributed by atoms with Crippen LogP contribution < -0.4 is 0 Å². The molecule has 1 heterocycles. The number of nitrogens with zero attached hydrogens (tertiary/aromatic N) is 1. The van der Waals surface area contributed by atoms with Crippen LogP contribution in [0.1, 0.15) is 0 Å². The Kier molecular flexibility index (Phi) is 8.95. The van der Waals surface area contributed by atoms with Gasteiger partial charge < -0.3 is 4.57 Å². The highest BCUT2D eigenvalue weighted by Gasteiger charge is 2.17. The monoisotopic (exact) mass is 725 g/mol. The van der Waals surface area contributed by atoms with Crippen molar-refractivity contribution in [3.63, 3.8) is 0 Å². The van der Waals surface area contributed by atoms with Gasteiger partial charge in [0.2, 0.25) is 0 Å². The smallest absolute Gasteiger partial charge is 0.0535 e. The van der Waals surface area contributed by atoms with Crippen LogP contribution in [0.5, 0.6) is 0 Å². The molecule has 0 saturated heterocycles. The first kappa shape index (κ1) is 34.0. The summed E-state index contributed by atoms with van der Waals surface area (Å²) < 4.78 is 2.36. The maximum atomic E-state index is 2.40. The summed E-state index contributed by atoms with van der Waals surface area (Å²) in [5.41, 5.74) is 19.0. The van der Waals surface area contributed by atoms with E-state index in [0.29, 0.717) is 0 Å². The van der Waals surface area contributed by atoms with E-state index in [0.717, 1.165) is 11.2 Å². The third-order valence-corrected chi connectivity index (χ3v) is 11.0. The van der Waals surface area contributed by atoms with Crippen molar-refractivity contribution in [1.29, 1.82) is 0 Å². The summed E-state index contributed by atoms with van der Waals surface area (Å²) in [6.45, 7) is 0. The van der Waals surface area contributed by atoms with Crippen LogP contribution in [0.2, 0.25) is 0 Å². The summed E-state index contributed by atoms with van der Waals surface area (Å²) in [4.78, 5) is 0. The number of fused-ring (bicyclic) bond motifs is 1. The zero-order chi connectivity index (χ0) is 38.0. The Balaban J connectivity index is 1.19. The number of benzene rings is 9. The van der Waals surface area contributed by atoms with Gasteiger partial charge in [0.25, 0.3) is 0 Å². The van der Waals surface area contributed by atoms with Gasteiger partial charge in [0.15, 0.2) is 0 Å². The molecule has 9 aromatic carbocycles. The number of rotatable bonds is 8. The molecule has 268 valence electrons. The van der Waals surface area contributed by atoms with Crippen LogP contribution in [0.15, 0.2) is 237 Å². The van der Waals surface area contributed by atoms with Crippen molar-refractivity contribution in [1.82, 2.24) is 4.57 Å². The summed E-state index contributed by atoms with van der Waals surface area (Å²) in [5, 5.41) is 1.20. The molecule has 0 fully saturated rings. The van der Waals surface area contributed by atoms with E-state index in [-0.39, 0.29) is 0 Å². The van der Waals surface area contributed by atoms with Gasteiger partial charge in [-0.2, -0.15) is 0 Å². The fourth-order valence-corrected chi connectivity index (χ4v) is 8.06. The standard InChI is InChI=1S/C56H39N/c1-6-16-40(17-7-1)45-26-29-53(30-27-45)57-39-55(52-36-49(43-22-12-4-13-23-43)33-50(37-52)44-24-14-5-15-25-44)54-38-46(28-31-56(54)57)51-34-47(41-18-8-2-9-19-41)32-48(35-51)42-20-10-3-11-21-42/h1-39H. The zero-order valence-electron chi connectivity index (χ0n) is 31.5. The molecule has 0 spiro atoms. The average molecular weight is 726 g/mol. The molecule has 0 amide bonds. The van der Waals surface area contributed by atoms with Crippen molar-refractivity contribution in [2.45, 2.75) is 0 Å². The van der Waals surface area contributed by atoms with Crippen LogP contribution in [-0.2, 0) is 0 Å². The van der Waals surface area contributed by atoms with Gasteiger partial charge >= 0.3 is 0 Å². The largest absolute Gasteiger partial charge is 0.316 e. The van der Waals surface area contributed by atoms with Crippen LogP contribution in [0.3, 0.4) is 0 Å². The lowest BCUT2D eigenvalue weighted by molar-refractivity contribution is 1.13. The molecule has 1 aromatic heterocycles. The lowest BCUT2D eigenvalue weighted by atomic mass is 9.91. The highest BCUT2D eigenvalue weighted by Crippen LogP contribution is 2.41. The second-order valence-electron chi connectivity index (χ2n) is 14.6. The minimum absolute atomic E-state index is 1.12. The van der Waals surface area contributed by atoms with E-state index >= 15 is 0 Å². The predicted octanol–water partition coefficient (Wildman–Crippen LogP) is 15.3. The van der Waals surface area contributed by atoms with E-state index in [4.69, 9.17) is 0 Å². The second kappa shape index (κ2) is 15.0. The predicted molar refractivity (Wildman–Crippen MR) is 241 cm³/mol. The Morgan fingerprint density at radius 1 is 0.228 bits per heavy atom. The fourth-order valence-electron chi connectivity index (χ4n) is 8.06. The lowest BCUT2D eigenvalue weighted by Gasteiger charge is -2.13. The van der Waals surface area contributed by atoms with Crippen molar-refractivity contribution in [2.75, 3.05) is 0 Å². The molecule has 1 nitrogen and oxygen atoms in total. The molecule has 0 atom stereocenters. The topological polar surface area (TPSA) is 4.93 Å². The van der Waals surface area contributed by atoms with E-state index in [2.05, 4.69) is 241 Å². The molecule has 0 aliphatic heterocycles. The van der Waals surface area contributed by atoms with Gasteiger partial charge in [-0.15, -0.1) is 0 Å². The normalized spacial score (nSPS) is 11.2. The summed E-state index contributed by atoms with van der Waals surface area (Å²) in [6.07, 6.45) is 2.33. The van der Waals surface area contributed by atoms with E-state index in [1.165, 1.54) is 83.3 Å². The van der Waals surface area contributed by atoms with Gasteiger partial charge in [0, 0.05) is 22.8 Å². The highest BCUT2D eigenvalue weighted by atomic mass is 15.0. The minimum atomic E-state index is 1.12. The Bertz CT molecular complexity index is 2830. The molecule has 0 saturated carbocycles. The van der Waals surface area contributed by atoms with Gasteiger partial charge in [0.1, 0.15) is 0 Å². The Morgan fingerprint density at radius 3 is 0.947 bits per heavy atom. The molecule has 0 N–H and O–H groups in total. The van der Waals surface area contributed by atoms with Crippen LogP contribution in [0.4, 0.5) is 0 Å². The number of hydrogen-bond acceptors (Lipinski definition) is 0. The van der Waals surface area contributed by atoms with Crippen molar-refractivity contribution >= 4 is 10.9 Å². The van der Waals surface area contributed by atoms with Gasteiger partial charge in [-0.25, -0.2) is 0 Å². The fraction of sp³-hybridized carbons (Fsp3) is 0. The van der Waals surface area contributed by atoms with Crippen LogP contribution >= 0.6 is 0 Å². The molecular weight excluding hydrogens is 687 g/mol. The molecule has 0 aliphatic rings. The van der Waals surface area contributed by atoms with Crippen molar-refractivity contribution in [2.24, 2.45) is 0 Å². The van der Waals surface area contributed by atoms with E-state index in [9.17, 15) is 0 Å². The average Bonchev–Trinajstić information content (AvgIpc) is 3.69. The zero-order valence-corrected chi connectivity index (χ0v) is 31.5. The molecule has 0 bridgehead atoms. The van der Waals surface area contributed by atoms with E-state index in [1.54, 1.807) is 0 Å². The molecular formula is C56H39N. The first-order valence-electron chi connectivity index (χ1n) is 19.6. The van der Waals surface area contributed by atoms with Gasteiger partial charge in [-0.05, 0) is 133 Å². The molecule has 0 aliphatic carbocycles. The van der Waals surface area contributed by atoms with Gasteiger partial charge in [0.05, 0.1) is 5.52 Å².